The lowest BCUT2D eigenvalue weighted by molar-refractivity contribution is -0.127. The quantitative estimate of drug-likeness (QED) is 0.332. The van der Waals surface area contributed by atoms with E-state index in [0.29, 0.717) is 36.7 Å². The largest absolute Gasteiger partial charge is 0.509 e. The second-order valence-electron chi connectivity index (χ2n) is 8.47. The molecule has 0 spiro atoms. The van der Waals surface area contributed by atoms with Gasteiger partial charge in [-0.3, -0.25) is 4.79 Å². The van der Waals surface area contributed by atoms with Crippen molar-refractivity contribution < 1.29 is 23.8 Å². The number of rotatable bonds is 7. The molecule has 32 heavy (non-hydrogen) atoms. The summed E-state index contributed by atoms with van der Waals surface area (Å²) in [6.07, 6.45) is 3.46. The summed E-state index contributed by atoms with van der Waals surface area (Å²) in [6.45, 7) is 3.37. The highest BCUT2D eigenvalue weighted by molar-refractivity contribution is 5.89. The predicted molar refractivity (Wildman–Crippen MR) is 119 cm³/mol. The molecule has 2 aromatic rings. The zero-order chi connectivity index (χ0) is 23.5. The van der Waals surface area contributed by atoms with Crippen molar-refractivity contribution in [2.75, 3.05) is 6.54 Å². The van der Waals surface area contributed by atoms with Gasteiger partial charge in [-0.25, -0.2) is 8.78 Å². The SMILES string of the molecule is Cc1cccc([C@@H](C[C@H]2CCCN2C(=O)/C=C(\O)C(C)(O)C=N)c2ccc(F)cc2)c1F. The molecule has 2 aromatic carbocycles. The lowest BCUT2D eigenvalue weighted by atomic mass is 9.84. The van der Waals surface area contributed by atoms with Crippen molar-refractivity contribution in [3.63, 3.8) is 0 Å². The van der Waals surface area contributed by atoms with E-state index in [-0.39, 0.29) is 17.7 Å². The number of carbonyl (C=O) groups excluding carboxylic acids is 1. The molecule has 3 N–H and O–H groups in total. The molecule has 0 saturated carbocycles. The van der Waals surface area contributed by atoms with Gasteiger partial charge in [0.05, 0.1) is 0 Å². The Bertz CT molecular complexity index is 1020. The number of hydrogen-bond acceptors (Lipinski definition) is 4. The first-order valence-electron chi connectivity index (χ1n) is 10.6. The summed E-state index contributed by atoms with van der Waals surface area (Å²) < 4.78 is 28.6. The van der Waals surface area contributed by atoms with Crippen LogP contribution in [-0.2, 0) is 4.79 Å². The van der Waals surface area contributed by atoms with Crippen LogP contribution in [0.25, 0.3) is 0 Å². The van der Waals surface area contributed by atoms with Gasteiger partial charge in [-0.1, -0.05) is 30.3 Å². The van der Waals surface area contributed by atoms with Gasteiger partial charge in [-0.15, -0.1) is 0 Å². The topological polar surface area (TPSA) is 84.6 Å². The minimum atomic E-state index is -1.92. The van der Waals surface area contributed by atoms with Gasteiger partial charge in [-0.2, -0.15) is 0 Å². The third kappa shape index (κ3) is 5.05. The van der Waals surface area contributed by atoms with Gasteiger partial charge in [0.2, 0.25) is 5.91 Å². The number of nitrogens with zero attached hydrogens (tertiary/aromatic N) is 1. The molecule has 0 radical (unpaired) electrons. The summed E-state index contributed by atoms with van der Waals surface area (Å²) >= 11 is 0. The normalized spacial score (nSPS) is 19.5. The Morgan fingerprint density at radius 1 is 1.28 bits per heavy atom. The van der Waals surface area contributed by atoms with Crippen molar-refractivity contribution in [3.05, 3.63) is 82.6 Å². The Morgan fingerprint density at radius 3 is 2.62 bits per heavy atom. The maximum Gasteiger partial charge on any atom is 0.250 e. The van der Waals surface area contributed by atoms with Crippen LogP contribution in [0.15, 0.2) is 54.3 Å². The zero-order valence-electron chi connectivity index (χ0n) is 18.2. The van der Waals surface area contributed by atoms with Crippen molar-refractivity contribution in [3.8, 4) is 0 Å². The third-order valence-corrected chi connectivity index (χ3v) is 6.10. The second kappa shape index (κ2) is 9.61. The molecule has 0 aromatic heterocycles. The molecule has 3 rings (SSSR count). The van der Waals surface area contributed by atoms with E-state index in [0.717, 1.165) is 18.1 Å². The average Bonchev–Trinajstić information content (AvgIpc) is 3.23. The number of aliphatic hydroxyl groups is 2. The highest BCUT2D eigenvalue weighted by Crippen LogP contribution is 2.36. The van der Waals surface area contributed by atoms with Crippen molar-refractivity contribution in [2.45, 2.75) is 50.7 Å². The molecule has 1 heterocycles. The first-order chi connectivity index (χ1) is 15.1. The summed E-state index contributed by atoms with van der Waals surface area (Å²) in [5, 5.41) is 27.2. The minimum absolute atomic E-state index is 0.230. The van der Waals surface area contributed by atoms with Gasteiger partial charge < -0.3 is 20.5 Å². The Hall–Kier alpha value is -3.06. The highest BCUT2D eigenvalue weighted by Gasteiger charge is 2.33. The lowest BCUT2D eigenvalue weighted by Crippen LogP contribution is -2.37. The predicted octanol–water partition coefficient (Wildman–Crippen LogP) is 4.63. The number of aliphatic hydroxyl groups excluding tert-OH is 1. The van der Waals surface area contributed by atoms with E-state index in [4.69, 9.17) is 5.41 Å². The third-order valence-electron chi connectivity index (χ3n) is 6.10. The number of likely N-dealkylation sites (tertiary alicyclic amines) is 1. The number of carbonyl (C=O) groups is 1. The van der Waals surface area contributed by atoms with Crippen molar-refractivity contribution in [2.24, 2.45) is 0 Å². The molecular formula is C25H28F2N2O3. The van der Waals surface area contributed by atoms with E-state index in [9.17, 15) is 19.4 Å². The smallest absolute Gasteiger partial charge is 0.250 e. The number of nitrogens with one attached hydrogen (secondary N) is 1. The molecule has 3 atom stereocenters. The molecule has 1 saturated heterocycles. The molecule has 5 nitrogen and oxygen atoms in total. The van der Waals surface area contributed by atoms with E-state index in [2.05, 4.69) is 0 Å². The number of halogens is 2. The first kappa shape index (κ1) is 23.6. The van der Waals surface area contributed by atoms with Crippen molar-refractivity contribution in [1.29, 1.82) is 5.41 Å². The van der Waals surface area contributed by atoms with Gasteiger partial charge in [0.1, 0.15) is 17.4 Å². The van der Waals surface area contributed by atoms with Crippen LogP contribution in [0.4, 0.5) is 8.78 Å². The zero-order valence-corrected chi connectivity index (χ0v) is 18.2. The van der Waals surface area contributed by atoms with Crippen LogP contribution in [-0.4, -0.2) is 45.4 Å². The van der Waals surface area contributed by atoms with E-state index in [1.54, 1.807) is 42.2 Å². The van der Waals surface area contributed by atoms with E-state index < -0.39 is 23.2 Å². The highest BCUT2D eigenvalue weighted by atomic mass is 19.1. The fourth-order valence-electron chi connectivity index (χ4n) is 4.14. The van der Waals surface area contributed by atoms with Crippen LogP contribution in [0.1, 0.15) is 48.8 Å². The van der Waals surface area contributed by atoms with Gasteiger partial charge in [-0.05, 0) is 61.9 Å². The molecule has 1 amide bonds. The van der Waals surface area contributed by atoms with E-state index >= 15 is 4.39 Å². The van der Waals surface area contributed by atoms with Crippen LogP contribution in [0.2, 0.25) is 0 Å². The Morgan fingerprint density at radius 2 is 1.97 bits per heavy atom. The van der Waals surface area contributed by atoms with Gasteiger partial charge in [0.15, 0.2) is 5.60 Å². The number of hydrogen-bond donors (Lipinski definition) is 3. The molecule has 7 heteroatoms. The van der Waals surface area contributed by atoms with Crippen LogP contribution in [0.3, 0.4) is 0 Å². The molecular weight excluding hydrogens is 414 g/mol. The first-order valence-corrected chi connectivity index (χ1v) is 10.6. The molecule has 0 bridgehead atoms. The fraction of sp³-hybridized carbons (Fsp3) is 0.360. The maximum absolute atomic E-state index is 15.0. The summed E-state index contributed by atoms with van der Waals surface area (Å²) in [5.41, 5.74) is -0.177. The Labute approximate surface area is 186 Å². The van der Waals surface area contributed by atoms with Gasteiger partial charge in [0, 0.05) is 30.8 Å². The van der Waals surface area contributed by atoms with Crippen molar-refractivity contribution >= 4 is 12.1 Å². The Kier molecular flexibility index (Phi) is 7.09. The number of benzene rings is 2. The molecule has 1 fully saturated rings. The van der Waals surface area contributed by atoms with Crippen LogP contribution in [0.5, 0.6) is 0 Å². The standard InChI is InChI=1S/C25H28F2N2O3/c1-16-5-3-7-20(24(16)27)21(17-8-10-18(26)11-9-17)13-19-6-4-12-29(19)23(31)14-22(30)25(2,32)15-28/h3,5,7-11,14-15,19,21,28,30,32H,4,6,12-13H2,1-2H3/b22-14-,28-15?/t19-,21+,25?/m1/s1. The number of aryl methyl sites for hydroxylation is 1. The van der Waals surface area contributed by atoms with Crippen LogP contribution in [0, 0.1) is 24.0 Å². The van der Waals surface area contributed by atoms with Crippen LogP contribution >= 0.6 is 0 Å². The summed E-state index contributed by atoms with van der Waals surface area (Å²) in [5.74, 6) is -2.18. The average molecular weight is 443 g/mol. The fourth-order valence-corrected chi connectivity index (χ4v) is 4.14. The molecule has 1 aliphatic rings. The minimum Gasteiger partial charge on any atom is -0.509 e. The monoisotopic (exact) mass is 442 g/mol. The molecule has 0 aliphatic carbocycles. The molecule has 170 valence electrons. The lowest BCUT2D eigenvalue weighted by Gasteiger charge is -2.29. The summed E-state index contributed by atoms with van der Waals surface area (Å²) in [7, 11) is 0. The summed E-state index contributed by atoms with van der Waals surface area (Å²) in [4.78, 5) is 14.4. The Balaban J connectivity index is 1.92. The molecule has 1 unspecified atom stereocenters. The maximum atomic E-state index is 15.0. The second-order valence-corrected chi connectivity index (χ2v) is 8.47. The van der Waals surface area contributed by atoms with Crippen molar-refractivity contribution in [1.82, 2.24) is 4.90 Å². The molecule has 1 aliphatic heterocycles. The van der Waals surface area contributed by atoms with Gasteiger partial charge in [0.25, 0.3) is 0 Å². The van der Waals surface area contributed by atoms with E-state index in [1.807, 2.05) is 0 Å². The number of amides is 1. The van der Waals surface area contributed by atoms with Gasteiger partial charge >= 0.3 is 0 Å². The summed E-state index contributed by atoms with van der Waals surface area (Å²) in [6, 6.07) is 10.9. The van der Waals surface area contributed by atoms with E-state index in [1.165, 1.54) is 19.1 Å². The van der Waals surface area contributed by atoms with Crippen LogP contribution < -0.4 is 0 Å².